The number of carboxylic acids is 2. The maximum atomic E-state index is 14.1. The molecule has 1 saturated heterocycles. The molecule has 1 aliphatic heterocycles. The van der Waals surface area contributed by atoms with Crippen molar-refractivity contribution in [3.8, 4) is 0 Å². The molecule has 4 rings (SSSR count). The van der Waals surface area contributed by atoms with Crippen LogP contribution in [0.3, 0.4) is 0 Å². The molecule has 1 heterocycles. The van der Waals surface area contributed by atoms with Gasteiger partial charge in [-0.15, -0.1) is 0 Å². The lowest BCUT2D eigenvalue weighted by Crippen LogP contribution is -2.63. The quantitative estimate of drug-likeness (QED) is 0.0207. The van der Waals surface area contributed by atoms with Gasteiger partial charge in [0, 0.05) is 6.42 Å². The second kappa shape index (κ2) is 42.0. The molecule has 3 aromatic rings. The van der Waals surface area contributed by atoms with Crippen LogP contribution in [-0.2, 0) is 47.5 Å². The van der Waals surface area contributed by atoms with Gasteiger partial charge in [-0.3, -0.25) is 4.79 Å². The molecule has 3 aromatic carbocycles. The molecule has 0 unspecified atom stereocenters. The van der Waals surface area contributed by atoms with Crippen LogP contribution in [0.5, 0.6) is 0 Å². The Bertz CT molecular complexity index is 2230. The molecule has 7 atom stereocenters. The van der Waals surface area contributed by atoms with Gasteiger partial charge in [0.2, 0.25) is 5.91 Å². The van der Waals surface area contributed by atoms with E-state index in [2.05, 4.69) is 19.2 Å². The molecule has 1 fully saturated rings. The van der Waals surface area contributed by atoms with E-state index in [1.807, 2.05) is 6.08 Å². The van der Waals surface area contributed by atoms with E-state index in [0.29, 0.717) is 12.8 Å². The van der Waals surface area contributed by atoms with E-state index in [-0.39, 0.29) is 29.0 Å². The van der Waals surface area contributed by atoms with Gasteiger partial charge in [0.15, 0.2) is 12.4 Å². The average molecular weight is 1130 g/mol. The smallest absolute Gasteiger partial charge is 0.338 e. The molecule has 0 radical (unpaired) electrons. The fourth-order valence-corrected chi connectivity index (χ4v) is 9.76. The van der Waals surface area contributed by atoms with E-state index in [1.54, 1.807) is 72.8 Å². The zero-order valence-corrected chi connectivity index (χ0v) is 48.3. The Balaban J connectivity index is 1.63. The minimum atomic E-state index is -1.67. The zero-order chi connectivity index (χ0) is 58.1. The van der Waals surface area contributed by atoms with Crippen LogP contribution in [0.15, 0.2) is 103 Å². The van der Waals surface area contributed by atoms with Crippen LogP contribution in [0, 0.1) is 0 Å². The highest BCUT2D eigenvalue weighted by molar-refractivity contribution is 5.90. The maximum absolute atomic E-state index is 14.1. The van der Waals surface area contributed by atoms with Gasteiger partial charge < -0.3 is 48.7 Å². The topological polar surface area (TPSA) is 220 Å². The third kappa shape index (κ3) is 28.6. The highest BCUT2D eigenvalue weighted by Crippen LogP contribution is 2.31. The van der Waals surface area contributed by atoms with Gasteiger partial charge in [-0.25, -0.2) is 24.0 Å². The molecule has 0 bridgehead atoms. The van der Waals surface area contributed by atoms with Crippen molar-refractivity contribution < 1.29 is 72.1 Å². The average Bonchev–Trinajstić information content (AvgIpc) is 3.68. The fourth-order valence-electron chi connectivity index (χ4n) is 9.76. The summed E-state index contributed by atoms with van der Waals surface area (Å²) in [5, 5.41) is 22.7. The normalized spacial score (nSPS) is 17.7. The highest BCUT2D eigenvalue weighted by atomic mass is 16.7. The molecule has 0 aliphatic carbocycles. The van der Waals surface area contributed by atoms with Crippen molar-refractivity contribution in [3.63, 3.8) is 0 Å². The number of nitrogens with one attached hydrogen (secondary N) is 1. The fraction of sp³-hybridized carbons (Fsp3) is 0.600. The van der Waals surface area contributed by atoms with Gasteiger partial charge in [0.05, 0.1) is 29.3 Å². The number of carbonyl (C=O) groups excluding carboxylic acids is 4. The summed E-state index contributed by atoms with van der Waals surface area (Å²) in [5.74, 6) is -5.43. The summed E-state index contributed by atoms with van der Waals surface area (Å²) in [4.78, 5) is 79.4. The summed E-state index contributed by atoms with van der Waals surface area (Å²) >= 11 is 0. The lowest BCUT2D eigenvalue weighted by Gasteiger charge is -2.45. The van der Waals surface area contributed by atoms with Crippen LogP contribution in [0.25, 0.3) is 0 Å². The number of aliphatic carboxylic acids is 2. The van der Waals surface area contributed by atoms with Crippen LogP contribution in [0.1, 0.15) is 212 Å². The van der Waals surface area contributed by atoms with E-state index in [1.165, 1.54) is 121 Å². The predicted octanol–water partition coefficient (Wildman–Crippen LogP) is 13.2. The number of rotatable bonds is 45. The van der Waals surface area contributed by atoms with E-state index in [4.69, 9.17) is 33.2 Å². The molecule has 0 saturated carbocycles. The Morgan fingerprint density at radius 1 is 0.519 bits per heavy atom. The second-order valence-electron chi connectivity index (χ2n) is 21.1. The summed E-state index contributed by atoms with van der Waals surface area (Å²) in [7, 11) is 0. The first-order valence-corrected chi connectivity index (χ1v) is 30.1. The number of carboxylic acid groups (broad SMARTS) is 2. The minimum Gasteiger partial charge on any atom is -0.480 e. The summed E-state index contributed by atoms with van der Waals surface area (Å²) in [6, 6.07) is 23.4. The number of benzene rings is 3. The summed E-state index contributed by atoms with van der Waals surface area (Å²) < 4.78 is 42.7. The lowest BCUT2D eigenvalue weighted by molar-refractivity contribution is -0.313. The SMILES string of the molecule is CCCCCCCCCCCCC/C=C/[C@@H](OC(=O)c1ccccc1)[C@H](CO[C@@H]1O[C@H](COC(=O)c2ccccc2)[C@H](OCC(=O)O)[C@H](OCC(=O)O)[C@H]1OC(=O)c1ccccc1)NC(=O)CCCCCCCCCCCCCCC. The maximum Gasteiger partial charge on any atom is 0.338 e. The van der Waals surface area contributed by atoms with Gasteiger partial charge in [-0.1, -0.05) is 216 Å². The van der Waals surface area contributed by atoms with Crippen LogP contribution >= 0.6 is 0 Å². The third-order valence-corrected chi connectivity index (χ3v) is 14.3. The van der Waals surface area contributed by atoms with E-state index < -0.39 is 99.1 Å². The molecule has 16 nitrogen and oxygen atoms in total. The van der Waals surface area contributed by atoms with Crippen molar-refractivity contribution >= 4 is 35.8 Å². The van der Waals surface area contributed by atoms with Crippen LogP contribution < -0.4 is 5.32 Å². The van der Waals surface area contributed by atoms with Crippen molar-refractivity contribution in [1.29, 1.82) is 0 Å². The number of hydrogen-bond donors (Lipinski definition) is 3. The van der Waals surface area contributed by atoms with Gasteiger partial charge in [-0.2, -0.15) is 0 Å². The largest absolute Gasteiger partial charge is 0.480 e. The number of allylic oxidation sites excluding steroid dienone is 1. The first-order valence-electron chi connectivity index (χ1n) is 30.1. The molecular weight excluding hydrogens is 1030 g/mol. The van der Waals surface area contributed by atoms with Crippen molar-refractivity contribution in [3.05, 3.63) is 120 Å². The van der Waals surface area contributed by atoms with Crippen LogP contribution in [0.2, 0.25) is 0 Å². The monoisotopic (exact) mass is 1130 g/mol. The predicted molar refractivity (Wildman–Crippen MR) is 310 cm³/mol. The van der Waals surface area contributed by atoms with E-state index in [9.17, 15) is 39.0 Å². The van der Waals surface area contributed by atoms with Crippen molar-refractivity contribution in [2.75, 3.05) is 26.4 Å². The molecular formula is C65H93NO15. The Labute approximate surface area is 481 Å². The Hall–Kier alpha value is -5.94. The number of hydrogen-bond acceptors (Lipinski definition) is 13. The standard InChI is InChI=1S/C65H93NO15/c1-3-5-7-9-11-13-15-17-19-21-23-25-36-44-54(79-63(73)51-40-32-28-33-41-51)53(66-56(67)45-37-26-24-22-20-18-16-14-12-10-8-6-4-2)46-78-65-61(81-64(74)52-42-34-29-35-43-52)60(76-49-58(70)71)59(75-48-57(68)69)55(80-65)47-77-62(72)50-38-30-27-31-39-50/h27-36,38-44,53-55,59-61,65H,3-26,37,45-49H2,1-2H3,(H,66,67)(H,68,69)(H,70,71)/b44-36+/t53-,54+,55+,59-,60-,61+,65+/m0/s1. The van der Waals surface area contributed by atoms with Gasteiger partial charge in [-0.05, 0) is 61.7 Å². The molecule has 16 heteroatoms. The van der Waals surface area contributed by atoms with Crippen molar-refractivity contribution in [1.82, 2.24) is 5.32 Å². The number of carbonyl (C=O) groups is 6. The number of ether oxygens (including phenoxy) is 7. The first-order chi connectivity index (χ1) is 39.5. The number of amides is 1. The number of unbranched alkanes of at least 4 members (excludes halogenated alkanes) is 23. The van der Waals surface area contributed by atoms with Crippen LogP contribution in [-0.4, -0.2) is 115 Å². The minimum absolute atomic E-state index is 0.101. The first kappa shape index (κ1) is 67.6. The Morgan fingerprint density at radius 2 is 0.951 bits per heavy atom. The van der Waals surface area contributed by atoms with Gasteiger partial charge in [0.25, 0.3) is 0 Å². The zero-order valence-electron chi connectivity index (χ0n) is 48.3. The highest BCUT2D eigenvalue weighted by Gasteiger charge is 2.51. The molecule has 1 amide bonds. The second-order valence-corrected chi connectivity index (χ2v) is 21.1. The third-order valence-electron chi connectivity index (χ3n) is 14.3. The van der Waals surface area contributed by atoms with Gasteiger partial charge >= 0.3 is 29.8 Å². The van der Waals surface area contributed by atoms with Crippen LogP contribution in [0.4, 0.5) is 0 Å². The molecule has 448 valence electrons. The van der Waals surface area contributed by atoms with Crippen molar-refractivity contribution in [2.45, 2.75) is 224 Å². The lowest BCUT2D eigenvalue weighted by atomic mass is 9.98. The summed E-state index contributed by atoms with van der Waals surface area (Å²) in [6.07, 6.45) is 23.4. The summed E-state index contributed by atoms with van der Waals surface area (Å²) in [5.41, 5.74) is 0.577. The van der Waals surface area contributed by atoms with E-state index >= 15 is 0 Å². The van der Waals surface area contributed by atoms with Gasteiger partial charge in [0.1, 0.15) is 44.2 Å². The van der Waals surface area contributed by atoms with E-state index in [0.717, 1.165) is 51.4 Å². The molecule has 0 aromatic heterocycles. The molecule has 81 heavy (non-hydrogen) atoms. The number of esters is 3. The molecule has 1 aliphatic rings. The molecule has 0 spiro atoms. The Morgan fingerprint density at radius 3 is 1.43 bits per heavy atom. The molecule has 3 N–H and O–H groups in total. The summed E-state index contributed by atoms with van der Waals surface area (Å²) in [6.45, 7) is 1.55. The Kier molecular flexibility index (Phi) is 35.0. The van der Waals surface area contributed by atoms with Crippen molar-refractivity contribution in [2.24, 2.45) is 0 Å².